The van der Waals surface area contributed by atoms with E-state index in [1.165, 1.54) is 0 Å². The quantitative estimate of drug-likeness (QED) is 0.359. The van der Waals surface area contributed by atoms with Gasteiger partial charge in [0.1, 0.15) is 0 Å². The number of carboxylic acids is 1. The molecule has 0 aromatic rings. The van der Waals surface area contributed by atoms with Crippen LogP contribution >= 0.6 is 0 Å². The van der Waals surface area contributed by atoms with Gasteiger partial charge in [0.15, 0.2) is 0 Å². The molecule has 50 valence electrons. The van der Waals surface area contributed by atoms with E-state index in [2.05, 4.69) is 4.94 Å². The van der Waals surface area contributed by atoms with Crippen molar-refractivity contribution in [2.75, 3.05) is 0 Å². The van der Waals surface area contributed by atoms with Gasteiger partial charge in [-0.15, -0.1) is 0 Å². The van der Waals surface area contributed by atoms with Crippen LogP contribution in [0.1, 0.15) is 0 Å². The number of carboxylic acid groups (broad SMARTS) is 1. The Hall–Kier alpha value is -1.14. The minimum Gasteiger partial charge on any atom is -0.480 e. The summed E-state index contributed by atoms with van der Waals surface area (Å²) in [5.74, 6) is -1.95. The number of rotatable bonds is 1. The Kier molecular flexibility index (Phi) is 1.33. The Morgan fingerprint density at radius 1 is 1.78 bits per heavy atom. The third-order valence-electron chi connectivity index (χ3n) is 0.838. The van der Waals surface area contributed by atoms with Crippen LogP contribution in [0.2, 0.25) is 0 Å². The van der Waals surface area contributed by atoms with Crippen molar-refractivity contribution in [3.05, 3.63) is 0 Å². The normalized spacial score (nSPS) is 25.8. The van der Waals surface area contributed by atoms with Crippen molar-refractivity contribution in [3.63, 3.8) is 0 Å². The van der Waals surface area contributed by atoms with Gasteiger partial charge in [-0.1, -0.05) is 0 Å². The molecule has 3 N–H and O–H groups in total. The molecule has 1 aliphatic rings. The summed E-state index contributed by atoms with van der Waals surface area (Å²) in [5.41, 5.74) is 3.77. The summed E-state index contributed by atoms with van der Waals surface area (Å²) in [6, 6.07) is -1.27. The summed E-state index contributed by atoms with van der Waals surface area (Å²) < 4.78 is 0. The second-order valence-electron chi connectivity index (χ2n) is 1.46. The highest BCUT2D eigenvalue weighted by molar-refractivity contribution is 6.01. The Bertz CT molecular complexity index is 156. The number of hydrogen-bond donors (Lipinski definition) is 3. The van der Waals surface area contributed by atoms with Crippen molar-refractivity contribution in [2.24, 2.45) is 0 Å². The van der Waals surface area contributed by atoms with Gasteiger partial charge in [0.05, 0.1) is 0 Å². The number of amides is 1. The van der Waals surface area contributed by atoms with Crippen molar-refractivity contribution in [3.8, 4) is 0 Å². The third-order valence-corrected chi connectivity index (χ3v) is 0.838. The summed E-state index contributed by atoms with van der Waals surface area (Å²) >= 11 is 0. The van der Waals surface area contributed by atoms with E-state index in [0.29, 0.717) is 0 Å². The number of hydroxylamine groups is 2. The number of nitrogens with one attached hydrogen (secondary N) is 2. The molecule has 1 saturated heterocycles. The van der Waals surface area contributed by atoms with Gasteiger partial charge < -0.3 is 5.11 Å². The highest BCUT2D eigenvalue weighted by Crippen LogP contribution is 1.89. The van der Waals surface area contributed by atoms with Gasteiger partial charge >= 0.3 is 5.97 Å². The molecule has 0 aliphatic carbocycles. The van der Waals surface area contributed by atoms with Gasteiger partial charge in [-0.25, -0.2) is 10.3 Å². The average molecular weight is 132 g/mol. The minimum absolute atomic E-state index is 0.692. The zero-order valence-electron chi connectivity index (χ0n) is 4.25. The van der Waals surface area contributed by atoms with E-state index in [1.54, 1.807) is 0 Å². The summed E-state index contributed by atoms with van der Waals surface area (Å²) in [6.45, 7) is 0. The molecule has 0 aromatic heterocycles. The summed E-state index contributed by atoms with van der Waals surface area (Å²) in [6.07, 6.45) is 0. The molecule has 6 nitrogen and oxygen atoms in total. The van der Waals surface area contributed by atoms with Crippen LogP contribution < -0.4 is 11.0 Å². The molecule has 1 heterocycles. The monoisotopic (exact) mass is 132 g/mol. The van der Waals surface area contributed by atoms with Crippen molar-refractivity contribution in [2.45, 2.75) is 6.04 Å². The van der Waals surface area contributed by atoms with Crippen LogP contribution in [-0.2, 0) is 14.5 Å². The smallest absolute Gasteiger partial charge is 0.333 e. The van der Waals surface area contributed by atoms with E-state index < -0.39 is 17.9 Å². The van der Waals surface area contributed by atoms with E-state index in [0.717, 1.165) is 0 Å². The van der Waals surface area contributed by atoms with Crippen LogP contribution in [0, 0.1) is 0 Å². The first-order valence-corrected chi connectivity index (χ1v) is 2.16. The summed E-state index contributed by atoms with van der Waals surface area (Å²) in [5, 5.41) is 8.18. The van der Waals surface area contributed by atoms with Gasteiger partial charge in [0, 0.05) is 0 Å². The van der Waals surface area contributed by atoms with E-state index in [-0.39, 0.29) is 0 Å². The van der Waals surface area contributed by atoms with Crippen LogP contribution in [0.4, 0.5) is 0 Å². The molecule has 0 aromatic carbocycles. The second kappa shape index (κ2) is 2.00. The van der Waals surface area contributed by atoms with E-state index in [9.17, 15) is 9.59 Å². The van der Waals surface area contributed by atoms with Gasteiger partial charge in [0.2, 0.25) is 6.04 Å². The first-order chi connectivity index (χ1) is 4.22. The third kappa shape index (κ3) is 0.980. The lowest BCUT2D eigenvalue weighted by molar-refractivity contribution is -0.142. The zero-order chi connectivity index (χ0) is 6.85. The number of carbonyl (C=O) groups is 2. The molecular weight excluding hydrogens is 128 g/mol. The molecule has 9 heavy (non-hydrogen) atoms. The molecule has 1 amide bonds. The Labute approximate surface area is 49.7 Å². The number of carbonyl (C=O) groups excluding carboxylic acids is 1. The fourth-order valence-electron chi connectivity index (χ4n) is 0.414. The highest BCUT2D eigenvalue weighted by Gasteiger charge is 2.31. The van der Waals surface area contributed by atoms with E-state index in [1.807, 2.05) is 11.0 Å². The lowest BCUT2D eigenvalue weighted by Crippen LogP contribution is -2.36. The van der Waals surface area contributed by atoms with Gasteiger partial charge in [-0.05, 0) is 0 Å². The molecule has 1 unspecified atom stereocenters. The fourth-order valence-corrected chi connectivity index (χ4v) is 0.414. The number of aliphatic carboxylic acids is 1. The lowest BCUT2D eigenvalue weighted by Gasteiger charge is -1.93. The largest absolute Gasteiger partial charge is 0.480 e. The molecule has 0 saturated carbocycles. The first kappa shape index (κ1) is 5.99. The Balaban J connectivity index is 2.60. The molecule has 1 fully saturated rings. The van der Waals surface area contributed by atoms with Crippen LogP contribution in [0.3, 0.4) is 0 Å². The SMILES string of the molecule is O=C(O)C1NONC1=O. The maximum atomic E-state index is 10.3. The number of hydrogen-bond acceptors (Lipinski definition) is 4. The van der Waals surface area contributed by atoms with Gasteiger partial charge in [-0.3, -0.25) is 4.79 Å². The molecule has 1 atom stereocenters. The first-order valence-electron chi connectivity index (χ1n) is 2.16. The van der Waals surface area contributed by atoms with E-state index >= 15 is 0 Å². The van der Waals surface area contributed by atoms with Crippen molar-refractivity contribution < 1.29 is 19.6 Å². The lowest BCUT2D eigenvalue weighted by atomic mass is 10.3. The highest BCUT2D eigenvalue weighted by atomic mass is 16.8. The van der Waals surface area contributed by atoms with Crippen LogP contribution in [0.15, 0.2) is 0 Å². The topological polar surface area (TPSA) is 87.7 Å². The molecule has 0 radical (unpaired) electrons. The average Bonchev–Trinajstić information content (AvgIpc) is 2.13. The van der Waals surface area contributed by atoms with Crippen molar-refractivity contribution in [1.82, 2.24) is 11.0 Å². The maximum Gasteiger partial charge on any atom is 0.333 e. The van der Waals surface area contributed by atoms with E-state index in [4.69, 9.17) is 5.11 Å². The summed E-state index contributed by atoms with van der Waals surface area (Å²) in [7, 11) is 0. The van der Waals surface area contributed by atoms with Crippen molar-refractivity contribution in [1.29, 1.82) is 0 Å². The van der Waals surface area contributed by atoms with Gasteiger partial charge in [0.25, 0.3) is 5.91 Å². The Morgan fingerprint density at radius 2 is 2.44 bits per heavy atom. The van der Waals surface area contributed by atoms with Crippen LogP contribution in [-0.4, -0.2) is 23.0 Å². The minimum atomic E-state index is -1.27. The zero-order valence-corrected chi connectivity index (χ0v) is 4.25. The molecule has 6 heteroatoms. The maximum absolute atomic E-state index is 10.3. The molecule has 0 bridgehead atoms. The van der Waals surface area contributed by atoms with Crippen molar-refractivity contribution >= 4 is 11.9 Å². The molecule has 1 aliphatic heterocycles. The summed E-state index contributed by atoms with van der Waals surface area (Å²) in [4.78, 5) is 24.4. The Morgan fingerprint density at radius 3 is 2.67 bits per heavy atom. The predicted molar refractivity (Wildman–Crippen MR) is 23.8 cm³/mol. The van der Waals surface area contributed by atoms with Crippen LogP contribution in [0.5, 0.6) is 0 Å². The van der Waals surface area contributed by atoms with Crippen LogP contribution in [0.25, 0.3) is 0 Å². The van der Waals surface area contributed by atoms with Gasteiger partial charge in [-0.2, -0.15) is 10.4 Å². The molecule has 1 rings (SSSR count). The second-order valence-corrected chi connectivity index (χ2v) is 1.46. The predicted octanol–water partition coefficient (Wildman–Crippen LogP) is -1.99. The standard InChI is InChI=1S/C3H4N2O4/c6-2-1(3(7)8)4-9-5-2/h1,4H,(H,5,6)(H,7,8). The fraction of sp³-hybridized carbons (Fsp3) is 0.333. The molecular formula is C3H4N2O4. The molecule has 0 spiro atoms.